The minimum absolute atomic E-state index is 0.0462. The number of nitrogens with zero attached hydrogens (tertiary/aromatic N) is 2. The molecule has 0 saturated heterocycles. The van der Waals surface area contributed by atoms with Gasteiger partial charge in [0.25, 0.3) is 10.0 Å². The predicted molar refractivity (Wildman–Crippen MR) is 156 cm³/mol. The molecule has 0 aliphatic heterocycles. The summed E-state index contributed by atoms with van der Waals surface area (Å²) in [6.45, 7) is 7.62. The summed E-state index contributed by atoms with van der Waals surface area (Å²) in [6.07, 6.45) is 1.74. The molecule has 39 heavy (non-hydrogen) atoms. The molecule has 1 atom stereocenters. The molecule has 0 bridgehead atoms. The molecule has 3 aromatic carbocycles. The molecule has 0 aliphatic rings. The van der Waals surface area contributed by atoms with Crippen molar-refractivity contribution in [2.75, 3.05) is 17.4 Å². The van der Waals surface area contributed by atoms with Crippen LogP contribution in [0.15, 0.2) is 77.7 Å². The molecule has 3 aromatic rings. The van der Waals surface area contributed by atoms with E-state index >= 15 is 0 Å². The SMILES string of the molecule is CCCCNC(=O)[C@@H](C)N(Cc1ccc(C)cc1)C(=O)CN(c1ccc(C)c(Cl)c1)S(=O)(=O)c1ccccc1. The monoisotopic (exact) mass is 569 g/mol. The number of benzene rings is 3. The Morgan fingerprint density at radius 1 is 0.974 bits per heavy atom. The third-order valence-electron chi connectivity index (χ3n) is 6.52. The molecule has 3 rings (SSSR count). The number of amides is 2. The second-order valence-electron chi connectivity index (χ2n) is 9.59. The van der Waals surface area contributed by atoms with E-state index in [1.54, 1.807) is 37.3 Å². The minimum Gasteiger partial charge on any atom is -0.354 e. The maximum atomic E-state index is 13.9. The number of carbonyl (C=O) groups is 2. The van der Waals surface area contributed by atoms with Gasteiger partial charge in [0.1, 0.15) is 12.6 Å². The molecule has 9 heteroatoms. The van der Waals surface area contributed by atoms with E-state index in [1.165, 1.54) is 23.1 Å². The Kier molecular flexibility index (Phi) is 10.5. The standard InChI is InChI=1S/C30H36ClN3O4S/c1-5-6-18-32-30(36)24(4)33(20-25-15-12-22(2)13-16-25)29(35)21-34(26-17-14-23(3)28(31)19-26)39(37,38)27-10-8-7-9-11-27/h7-17,19,24H,5-6,18,20-21H2,1-4H3,(H,32,36)/t24-/m1/s1. The Hall–Kier alpha value is -3.36. The van der Waals surface area contributed by atoms with E-state index < -0.39 is 28.5 Å². The van der Waals surface area contributed by atoms with E-state index in [9.17, 15) is 18.0 Å². The van der Waals surface area contributed by atoms with Crippen LogP contribution in [0.4, 0.5) is 5.69 Å². The Balaban J connectivity index is 2.00. The zero-order valence-electron chi connectivity index (χ0n) is 22.9. The van der Waals surface area contributed by atoms with Crippen LogP contribution in [-0.4, -0.2) is 44.3 Å². The van der Waals surface area contributed by atoms with Gasteiger partial charge >= 0.3 is 0 Å². The van der Waals surface area contributed by atoms with Crippen LogP contribution in [0.25, 0.3) is 0 Å². The molecular formula is C30H36ClN3O4S. The molecule has 0 aliphatic carbocycles. The van der Waals surface area contributed by atoms with Crippen LogP contribution in [0.2, 0.25) is 5.02 Å². The van der Waals surface area contributed by atoms with Crippen LogP contribution in [0.1, 0.15) is 43.4 Å². The summed E-state index contributed by atoms with van der Waals surface area (Å²) >= 11 is 6.36. The highest BCUT2D eigenvalue weighted by Gasteiger charge is 2.32. The maximum absolute atomic E-state index is 13.9. The van der Waals surface area contributed by atoms with Gasteiger partial charge in [-0.2, -0.15) is 0 Å². The van der Waals surface area contributed by atoms with E-state index in [4.69, 9.17) is 11.6 Å². The van der Waals surface area contributed by atoms with E-state index in [0.717, 1.165) is 33.8 Å². The Bertz CT molecular complexity index is 1380. The Morgan fingerprint density at radius 3 is 2.26 bits per heavy atom. The normalized spacial score (nSPS) is 12.0. The Labute approximate surface area is 236 Å². The van der Waals surface area contributed by atoms with Crippen molar-refractivity contribution in [1.82, 2.24) is 10.2 Å². The van der Waals surface area contributed by atoms with Crippen molar-refractivity contribution in [2.24, 2.45) is 0 Å². The van der Waals surface area contributed by atoms with Gasteiger partial charge < -0.3 is 10.2 Å². The average molecular weight is 570 g/mol. The second kappa shape index (κ2) is 13.6. The lowest BCUT2D eigenvalue weighted by Gasteiger charge is -2.32. The van der Waals surface area contributed by atoms with Gasteiger partial charge in [-0.25, -0.2) is 8.42 Å². The first-order valence-corrected chi connectivity index (χ1v) is 14.8. The molecule has 0 saturated carbocycles. The van der Waals surface area contributed by atoms with E-state index in [-0.39, 0.29) is 23.0 Å². The number of rotatable bonds is 12. The van der Waals surface area contributed by atoms with Gasteiger partial charge in [0.15, 0.2) is 0 Å². The molecule has 0 spiro atoms. The molecule has 0 radical (unpaired) electrons. The van der Waals surface area contributed by atoms with Gasteiger partial charge in [-0.05, 0) is 62.6 Å². The zero-order valence-corrected chi connectivity index (χ0v) is 24.4. The van der Waals surface area contributed by atoms with Crippen molar-refractivity contribution in [1.29, 1.82) is 0 Å². The summed E-state index contributed by atoms with van der Waals surface area (Å²) in [5, 5.41) is 3.27. The van der Waals surface area contributed by atoms with Gasteiger partial charge in [-0.15, -0.1) is 0 Å². The van der Waals surface area contributed by atoms with E-state index in [2.05, 4.69) is 5.32 Å². The van der Waals surface area contributed by atoms with E-state index in [0.29, 0.717) is 11.6 Å². The van der Waals surface area contributed by atoms with Crippen LogP contribution in [-0.2, 0) is 26.2 Å². The van der Waals surface area contributed by atoms with Gasteiger partial charge in [0, 0.05) is 18.1 Å². The average Bonchev–Trinajstić information content (AvgIpc) is 2.93. The molecule has 0 fully saturated rings. The summed E-state index contributed by atoms with van der Waals surface area (Å²) in [5.41, 5.74) is 2.94. The van der Waals surface area contributed by atoms with Crippen molar-refractivity contribution in [2.45, 2.75) is 58.0 Å². The van der Waals surface area contributed by atoms with Gasteiger partial charge in [0.05, 0.1) is 10.6 Å². The van der Waals surface area contributed by atoms with Crippen LogP contribution >= 0.6 is 11.6 Å². The lowest BCUT2D eigenvalue weighted by Crippen LogP contribution is -2.51. The summed E-state index contributed by atoms with van der Waals surface area (Å²) in [5.74, 6) is -0.801. The fourth-order valence-corrected chi connectivity index (χ4v) is 5.60. The maximum Gasteiger partial charge on any atom is 0.264 e. The van der Waals surface area contributed by atoms with Crippen LogP contribution < -0.4 is 9.62 Å². The first-order valence-electron chi connectivity index (χ1n) is 13.0. The molecule has 0 aromatic heterocycles. The highest BCUT2D eigenvalue weighted by Crippen LogP contribution is 2.28. The summed E-state index contributed by atoms with van der Waals surface area (Å²) in [4.78, 5) is 28.4. The molecule has 208 valence electrons. The molecule has 0 heterocycles. The number of hydrogen-bond donors (Lipinski definition) is 1. The number of carbonyl (C=O) groups excluding carboxylic acids is 2. The second-order valence-corrected chi connectivity index (χ2v) is 11.9. The molecule has 1 N–H and O–H groups in total. The lowest BCUT2D eigenvalue weighted by atomic mass is 10.1. The quantitative estimate of drug-likeness (QED) is 0.292. The summed E-state index contributed by atoms with van der Waals surface area (Å²) in [7, 11) is -4.13. The largest absolute Gasteiger partial charge is 0.354 e. The van der Waals surface area contributed by atoms with Gasteiger partial charge in [0.2, 0.25) is 11.8 Å². The van der Waals surface area contributed by atoms with Crippen molar-refractivity contribution < 1.29 is 18.0 Å². The molecule has 2 amide bonds. The molecule has 7 nitrogen and oxygen atoms in total. The number of unbranched alkanes of at least 4 members (excludes halogenated alkanes) is 1. The predicted octanol–water partition coefficient (Wildman–Crippen LogP) is 5.49. The third-order valence-corrected chi connectivity index (χ3v) is 8.72. The number of sulfonamides is 1. The van der Waals surface area contributed by atoms with Crippen molar-refractivity contribution in [3.8, 4) is 0 Å². The highest BCUT2D eigenvalue weighted by atomic mass is 35.5. The van der Waals surface area contributed by atoms with Gasteiger partial charge in [-0.3, -0.25) is 13.9 Å². The Morgan fingerprint density at radius 2 is 1.64 bits per heavy atom. The van der Waals surface area contributed by atoms with Crippen molar-refractivity contribution in [3.63, 3.8) is 0 Å². The minimum atomic E-state index is -4.13. The third kappa shape index (κ3) is 7.83. The summed E-state index contributed by atoms with van der Waals surface area (Å²) < 4.78 is 28.6. The van der Waals surface area contributed by atoms with Crippen molar-refractivity contribution in [3.05, 3.63) is 94.5 Å². The number of halogens is 1. The number of hydrogen-bond acceptors (Lipinski definition) is 4. The lowest BCUT2D eigenvalue weighted by molar-refractivity contribution is -0.139. The number of aryl methyl sites for hydroxylation is 2. The van der Waals surface area contributed by atoms with Crippen LogP contribution in [0, 0.1) is 13.8 Å². The molecule has 0 unspecified atom stereocenters. The van der Waals surface area contributed by atoms with Gasteiger partial charge in [-0.1, -0.05) is 79.0 Å². The topological polar surface area (TPSA) is 86.8 Å². The first kappa shape index (κ1) is 30.2. The highest BCUT2D eigenvalue weighted by molar-refractivity contribution is 7.92. The smallest absolute Gasteiger partial charge is 0.264 e. The number of anilines is 1. The summed E-state index contributed by atoms with van der Waals surface area (Å²) in [6, 6.07) is 19.7. The fourth-order valence-electron chi connectivity index (χ4n) is 3.99. The molecular weight excluding hydrogens is 534 g/mol. The van der Waals surface area contributed by atoms with Crippen LogP contribution in [0.3, 0.4) is 0 Å². The number of nitrogens with one attached hydrogen (secondary N) is 1. The van der Waals surface area contributed by atoms with Crippen LogP contribution in [0.5, 0.6) is 0 Å². The van der Waals surface area contributed by atoms with Crippen molar-refractivity contribution >= 4 is 39.1 Å². The zero-order chi connectivity index (χ0) is 28.6. The fraction of sp³-hybridized carbons (Fsp3) is 0.333. The van der Waals surface area contributed by atoms with E-state index in [1.807, 2.05) is 45.0 Å². The first-order chi connectivity index (χ1) is 18.5.